The summed E-state index contributed by atoms with van der Waals surface area (Å²) in [6.07, 6.45) is 0.519. The third kappa shape index (κ3) is 3.22. The monoisotopic (exact) mass is 382 g/mol. The van der Waals surface area contributed by atoms with Crippen LogP contribution in [0.2, 0.25) is 0 Å². The van der Waals surface area contributed by atoms with E-state index in [0.29, 0.717) is 0 Å². The molecule has 1 unspecified atom stereocenters. The zero-order chi connectivity index (χ0) is 19.7. The van der Waals surface area contributed by atoms with Gasteiger partial charge in [0.05, 0.1) is 11.6 Å². The molecule has 2 heterocycles. The highest BCUT2D eigenvalue weighted by Crippen LogP contribution is 2.32. The first kappa shape index (κ1) is 18.4. The van der Waals surface area contributed by atoms with Gasteiger partial charge in [-0.2, -0.15) is 0 Å². The zero-order valence-electron chi connectivity index (χ0n) is 15.4. The molecule has 2 aromatic carbocycles. The predicted octanol–water partition coefficient (Wildman–Crippen LogP) is 1.94. The van der Waals surface area contributed by atoms with E-state index in [2.05, 4.69) is 5.32 Å². The molecule has 2 fully saturated rings. The molecule has 4 rings (SSSR count). The summed E-state index contributed by atoms with van der Waals surface area (Å²) in [5.41, 5.74) is -0.539. The second-order valence-corrected chi connectivity index (χ2v) is 7.39. The van der Waals surface area contributed by atoms with Crippen LogP contribution in [-0.4, -0.2) is 48.2 Å². The van der Waals surface area contributed by atoms with Gasteiger partial charge in [0.2, 0.25) is 11.8 Å². The topological polar surface area (TPSA) is 95.9 Å². The number of nitrogens with zero attached hydrogens (tertiary/aromatic N) is 1. The summed E-state index contributed by atoms with van der Waals surface area (Å²) in [5, 5.41) is 14.3. The summed E-state index contributed by atoms with van der Waals surface area (Å²) in [5.74, 6) is -2.15. The number of rotatable bonds is 4. The van der Waals surface area contributed by atoms with Crippen molar-refractivity contribution in [2.24, 2.45) is 5.92 Å². The molecular weight excluding hydrogens is 360 g/mol. The number of ether oxygens (including phenoxy) is 1. The van der Waals surface area contributed by atoms with E-state index in [9.17, 15) is 19.5 Å². The van der Waals surface area contributed by atoms with Crippen LogP contribution in [0.15, 0.2) is 42.5 Å². The molecule has 0 aliphatic carbocycles. The first-order chi connectivity index (χ1) is 13.5. The van der Waals surface area contributed by atoms with Crippen molar-refractivity contribution >= 4 is 34.2 Å². The minimum absolute atomic E-state index is 0.0707. The highest BCUT2D eigenvalue weighted by atomic mass is 16.5. The highest BCUT2D eigenvalue weighted by molar-refractivity contribution is 6.07. The van der Waals surface area contributed by atoms with Gasteiger partial charge in [-0.1, -0.05) is 36.4 Å². The molecule has 2 aromatic rings. The summed E-state index contributed by atoms with van der Waals surface area (Å²) in [7, 11) is 0. The lowest BCUT2D eigenvalue weighted by atomic mass is 9.89. The Balaban J connectivity index is 1.54. The number of amides is 2. The quantitative estimate of drug-likeness (QED) is 0.843. The zero-order valence-corrected chi connectivity index (χ0v) is 15.4. The summed E-state index contributed by atoms with van der Waals surface area (Å²) in [4.78, 5) is 38.9. The van der Waals surface area contributed by atoms with Crippen LogP contribution >= 0.6 is 0 Å². The van der Waals surface area contributed by atoms with Gasteiger partial charge >= 0.3 is 5.97 Å². The Morgan fingerprint density at radius 2 is 1.82 bits per heavy atom. The van der Waals surface area contributed by atoms with Crippen LogP contribution in [0.3, 0.4) is 0 Å². The largest absolute Gasteiger partial charge is 0.480 e. The standard InChI is InChI=1S/C21H22N2O5/c24-18-12-15(19(25)22-21(20(26)27)8-10-28-11-9-21)13-23(18)17-7-3-5-14-4-1-2-6-16(14)17/h1-7,15H,8-13H2,(H,22,25)(H,26,27). The van der Waals surface area contributed by atoms with E-state index in [-0.39, 0.29) is 50.8 Å². The van der Waals surface area contributed by atoms with E-state index in [1.54, 1.807) is 4.90 Å². The van der Waals surface area contributed by atoms with Gasteiger partial charge in [-0.25, -0.2) is 4.79 Å². The van der Waals surface area contributed by atoms with Gasteiger partial charge in [0.25, 0.3) is 0 Å². The maximum Gasteiger partial charge on any atom is 0.329 e. The van der Waals surface area contributed by atoms with E-state index in [1.165, 1.54) is 0 Å². The van der Waals surface area contributed by atoms with Crippen LogP contribution in [0.4, 0.5) is 5.69 Å². The van der Waals surface area contributed by atoms with Gasteiger partial charge in [0.1, 0.15) is 5.54 Å². The molecule has 2 N–H and O–H groups in total. The second-order valence-electron chi connectivity index (χ2n) is 7.39. The molecule has 2 aliphatic heterocycles. The fourth-order valence-corrected chi connectivity index (χ4v) is 4.01. The van der Waals surface area contributed by atoms with Crippen molar-refractivity contribution < 1.29 is 24.2 Å². The number of anilines is 1. The summed E-state index contributed by atoms with van der Waals surface area (Å²) >= 11 is 0. The van der Waals surface area contributed by atoms with Crippen LogP contribution in [0.25, 0.3) is 10.8 Å². The molecule has 0 spiro atoms. The second kappa shape index (κ2) is 7.24. The van der Waals surface area contributed by atoms with Gasteiger partial charge in [-0.15, -0.1) is 0 Å². The van der Waals surface area contributed by atoms with Gasteiger partial charge in [-0.05, 0) is 11.5 Å². The number of nitrogens with one attached hydrogen (secondary N) is 1. The Bertz CT molecular complexity index is 930. The molecule has 146 valence electrons. The third-order valence-electron chi connectivity index (χ3n) is 5.67. The summed E-state index contributed by atoms with van der Waals surface area (Å²) < 4.78 is 5.24. The Morgan fingerprint density at radius 1 is 1.11 bits per heavy atom. The summed E-state index contributed by atoms with van der Waals surface area (Å²) in [6.45, 7) is 0.821. The lowest BCUT2D eigenvalue weighted by Crippen LogP contribution is -2.58. The fraction of sp³-hybridized carbons (Fsp3) is 0.381. The van der Waals surface area contributed by atoms with Crippen molar-refractivity contribution in [3.05, 3.63) is 42.5 Å². The number of carboxylic acids is 1. The smallest absolute Gasteiger partial charge is 0.329 e. The van der Waals surface area contributed by atoms with E-state index in [0.717, 1.165) is 16.5 Å². The molecule has 2 saturated heterocycles. The number of carboxylic acid groups (broad SMARTS) is 1. The van der Waals surface area contributed by atoms with Gasteiger partial charge in [0.15, 0.2) is 0 Å². The molecule has 1 atom stereocenters. The number of carbonyl (C=O) groups excluding carboxylic acids is 2. The molecule has 0 radical (unpaired) electrons. The minimum atomic E-state index is -1.31. The first-order valence-corrected chi connectivity index (χ1v) is 9.41. The maximum atomic E-state index is 12.8. The van der Waals surface area contributed by atoms with Crippen molar-refractivity contribution in [3.8, 4) is 0 Å². The predicted molar refractivity (Wildman–Crippen MR) is 103 cm³/mol. The van der Waals surface area contributed by atoms with Crippen molar-refractivity contribution in [2.45, 2.75) is 24.8 Å². The van der Waals surface area contributed by atoms with Crippen LogP contribution in [0, 0.1) is 5.92 Å². The molecule has 7 heteroatoms. The fourth-order valence-electron chi connectivity index (χ4n) is 4.01. The van der Waals surface area contributed by atoms with Crippen molar-refractivity contribution in [2.75, 3.05) is 24.7 Å². The van der Waals surface area contributed by atoms with Crippen LogP contribution < -0.4 is 10.2 Å². The van der Waals surface area contributed by atoms with E-state index in [4.69, 9.17) is 4.74 Å². The third-order valence-corrected chi connectivity index (χ3v) is 5.67. The van der Waals surface area contributed by atoms with Crippen molar-refractivity contribution in [1.29, 1.82) is 0 Å². The number of hydrogen-bond donors (Lipinski definition) is 2. The van der Waals surface area contributed by atoms with Crippen LogP contribution in [-0.2, 0) is 19.1 Å². The molecule has 7 nitrogen and oxygen atoms in total. The van der Waals surface area contributed by atoms with Crippen LogP contribution in [0.5, 0.6) is 0 Å². The van der Waals surface area contributed by atoms with E-state index in [1.807, 2.05) is 42.5 Å². The number of aliphatic carboxylic acids is 1. The Morgan fingerprint density at radius 3 is 2.57 bits per heavy atom. The first-order valence-electron chi connectivity index (χ1n) is 9.41. The Hall–Kier alpha value is -2.93. The SMILES string of the molecule is O=C(NC1(C(=O)O)CCOCC1)C1CC(=O)N(c2cccc3ccccc23)C1. The average molecular weight is 382 g/mol. The number of fused-ring (bicyclic) bond motifs is 1. The Labute approximate surface area is 162 Å². The van der Waals surface area contributed by atoms with Crippen molar-refractivity contribution in [1.82, 2.24) is 5.32 Å². The molecule has 0 bridgehead atoms. The molecule has 0 saturated carbocycles. The van der Waals surface area contributed by atoms with Gasteiger partial charge in [0, 0.05) is 44.4 Å². The van der Waals surface area contributed by atoms with Crippen molar-refractivity contribution in [3.63, 3.8) is 0 Å². The average Bonchev–Trinajstić information content (AvgIpc) is 3.10. The summed E-state index contributed by atoms with van der Waals surface area (Å²) in [6, 6.07) is 13.5. The van der Waals surface area contributed by atoms with Crippen LogP contribution in [0.1, 0.15) is 19.3 Å². The molecule has 2 amide bonds. The number of carbonyl (C=O) groups is 3. The van der Waals surface area contributed by atoms with E-state index >= 15 is 0 Å². The minimum Gasteiger partial charge on any atom is -0.480 e. The number of hydrogen-bond acceptors (Lipinski definition) is 4. The maximum absolute atomic E-state index is 12.8. The molecule has 0 aromatic heterocycles. The normalized spacial score (nSPS) is 21.6. The van der Waals surface area contributed by atoms with Gasteiger partial charge in [-0.3, -0.25) is 9.59 Å². The lowest BCUT2D eigenvalue weighted by molar-refractivity contribution is -0.152. The Kier molecular flexibility index (Phi) is 4.77. The van der Waals surface area contributed by atoms with E-state index < -0.39 is 17.4 Å². The molecule has 2 aliphatic rings. The highest BCUT2D eigenvalue weighted by Gasteiger charge is 2.44. The lowest BCUT2D eigenvalue weighted by Gasteiger charge is -2.34. The molecular formula is C21H22N2O5. The molecule has 28 heavy (non-hydrogen) atoms. The van der Waals surface area contributed by atoms with Gasteiger partial charge < -0.3 is 20.1 Å². The number of benzene rings is 2.